The molecule has 0 aliphatic rings. The molecule has 0 bridgehead atoms. The summed E-state index contributed by atoms with van der Waals surface area (Å²) in [5, 5.41) is 4.11. The first-order valence-corrected chi connectivity index (χ1v) is 6.88. The van der Waals surface area contributed by atoms with Gasteiger partial charge in [-0.1, -0.05) is 18.5 Å². The van der Waals surface area contributed by atoms with Crippen LogP contribution in [0.4, 0.5) is 0 Å². The van der Waals surface area contributed by atoms with Crippen LogP contribution in [0.3, 0.4) is 0 Å². The van der Waals surface area contributed by atoms with Gasteiger partial charge in [-0.15, -0.1) is 0 Å². The number of aromatic nitrogens is 2. The number of likely N-dealkylation sites (N-methyl/N-ethyl adjacent to an activating group) is 1. The van der Waals surface area contributed by atoms with Crippen molar-refractivity contribution in [3.05, 3.63) is 29.0 Å². The number of fused-ring (bicyclic) bond motifs is 1. The summed E-state index contributed by atoms with van der Waals surface area (Å²) >= 11 is 6.08. The lowest BCUT2D eigenvalue weighted by atomic mass is 10.3. The second kappa shape index (κ2) is 5.72. The summed E-state index contributed by atoms with van der Waals surface area (Å²) in [5.74, 6) is 1.13. The van der Waals surface area contributed by atoms with E-state index in [0.717, 1.165) is 41.4 Å². The number of imidazole rings is 1. The average molecular weight is 266 g/mol. The van der Waals surface area contributed by atoms with Crippen molar-refractivity contribution in [3.8, 4) is 0 Å². The second-order valence-corrected chi connectivity index (χ2v) is 5.16. The molecule has 0 radical (unpaired) electrons. The Morgan fingerprint density at radius 2 is 2.17 bits per heavy atom. The van der Waals surface area contributed by atoms with E-state index in [1.54, 1.807) is 0 Å². The Morgan fingerprint density at radius 1 is 1.39 bits per heavy atom. The summed E-state index contributed by atoms with van der Waals surface area (Å²) in [4.78, 5) is 4.71. The van der Waals surface area contributed by atoms with Gasteiger partial charge in [0.15, 0.2) is 0 Å². The molecule has 1 N–H and O–H groups in total. The van der Waals surface area contributed by atoms with Gasteiger partial charge in [-0.3, -0.25) is 0 Å². The van der Waals surface area contributed by atoms with Crippen LogP contribution in [0.2, 0.25) is 5.02 Å². The molecule has 98 valence electrons. The first-order valence-electron chi connectivity index (χ1n) is 6.50. The van der Waals surface area contributed by atoms with Crippen LogP contribution < -0.4 is 5.32 Å². The number of halogens is 1. The summed E-state index contributed by atoms with van der Waals surface area (Å²) in [7, 11) is 0. The summed E-state index contributed by atoms with van der Waals surface area (Å²) < 4.78 is 2.28. The van der Waals surface area contributed by atoms with E-state index >= 15 is 0 Å². The van der Waals surface area contributed by atoms with Gasteiger partial charge in [0.1, 0.15) is 5.82 Å². The normalized spacial score (nSPS) is 11.6. The molecular weight excluding hydrogens is 246 g/mol. The minimum absolute atomic E-state index is 0.394. The van der Waals surface area contributed by atoms with Crippen LogP contribution in [0, 0.1) is 0 Å². The fraction of sp³-hybridized carbons (Fsp3) is 0.500. The van der Waals surface area contributed by atoms with Crippen LogP contribution in [0.5, 0.6) is 0 Å². The Kier molecular flexibility index (Phi) is 4.25. The number of hydrogen-bond donors (Lipinski definition) is 1. The van der Waals surface area contributed by atoms with Crippen molar-refractivity contribution in [1.29, 1.82) is 0 Å². The van der Waals surface area contributed by atoms with Gasteiger partial charge in [-0.25, -0.2) is 4.98 Å². The van der Waals surface area contributed by atoms with Gasteiger partial charge in [0.2, 0.25) is 0 Å². The maximum absolute atomic E-state index is 6.08. The fourth-order valence-corrected chi connectivity index (χ4v) is 2.41. The van der Waals surface area contributed by atoms with E-state index in [0.29, 0.717) is 6.04 Å². The van der Waals surface area contributed by atoms with Gasteiger partial charge in [0.25, 0.3) is 0 Å². The van der Waals surface area contributed by atoms with Crippen molar-refractivity contribution in [2.45, 2.75) is 33.2 Å². The molecule has 3 nitrogen and oxygen atoms in total. The molecule has 4 heteroatoms. The van der Waals surface area contributed by atoms with Crippen LogP contribution >= 0.6 is 11.6 Å². The Hall–Kier alpha value is -1.06. The smallest absolute Gasteiger partial charge is 0.111 e. The molecule has 0 fully saturated rings. The molecule has 0 aliphatic heterocycles. The largest absolute Gasteiger partial charge is 0.325 e. The summed E-state index contributed by atoms with van der Waals surface area (Å²) in [6.45, 7) is 8.43. The lowest BCUT2D eigenvalue weighted by molar-refractivity contribution is 0.572. The highest BCUT2D eigenvalue weighted by Crippen LogP contribution is 2.24. The molecule has 0 unspecified atom stereocenters. The zero-order valence-electron chi connectivity index (χ0n) is 11.2. The zero-order valence-corrected chi connectivity index (χ0v) is 12.0. The number of nitrogens with one attached hydrogen (secondary N) is 1. The van der Waals surface area contributed by atoms with E-state index in [9.17, 15) is 0 Å². The van der Waals surface area contributed by atoms with E-state index in [4.69, 9.17) is 16.6 Å². The number of hydrogen-bond acceptors (Lipinski definition) is 2. The molecule has 0 amide bonds. The molecule has 18 heavy (non-hydrogen) atoms. The SMILES string of the molecule is CCNCCc1nc2ccc(Cl)cc2n1C(C)C. The topological polar surface area (TPSA) is 29.9 Å². The van der Waals surface area contributed by atoms with Crippen molar-refractivity contribution < 1.29 is 0 Å². The van der Waals surface area contributed by atoms with Gasteiger partial charge >= 0.3 is 0 Å². The molecule has 1 aromatic heterocycles. The van der Waals surface area contributed by atoms with E-state index < -0.39 is 0 Å². The standard InChI is InChI=1S/C14H20ClN3/c1-4-16-8-7-14-17-12-6-5-11(15)9-13(12)18(14)10(2)3/h5-6,9-10,16H,4,7-8H2,1-3H3. The Bertz CT molecular complexity index is 531. The average Bonchev–Trinajstić information content (AvgIpc) is 2.67. The first kappa shape index (κ1) is 13.4. The quantitative estimate of drug-likeness (QED) is 0.840. The minimum atomic E-state index is 0.394. The van der Waals surface area contributed by atoms with Crippen molar-refractivity contribution in [2.24, 2.45) is 0 Å². The van der Waals surface area contributed by atoms with Gasteiger partial charge in [-0.2, -0.15) is 0 Å². The zero-order chi connectivity index (χ0) is 13.1. The van der Waals surface area contributed by atoms with Crippen LogP contribution in [0.25, 0.3) is 11.0 Å². The molecule has 2 aromatic rings. The van der Waals surface area contributed by atoms with Crippen LogP contribution in [-0.4, -0.2) is 22.6 Å². The number of rotatable bonds is 5. The molecule has 0 aliphatic carbocycles. The molecule has 1 aromatic carbocycles. The van der Waals surface area contributed by atoms with Crippen LogP contribution in [-0.2, 0) is 6.42 Å². The van der Waals surface area contributed by atoms with Gasteiger partial charge < -0.3 is 9.88 Å². The predicted molar refractivity (Wildman–Crippen MR) is 77.4 cm³/mol. The highest BCUT2D eigenvalue weighted by atomic mass is 35.5. The molecular formula is C14H20ClN3. The highest BCUT2D eigenvalue weighted by molar-refractivity contribution is 6.31. The Balaban J connectivity index is 2.41. The molecule has 0 saturated heterocycles. The Morgan fingerprint density at radius 3 is 2.83 bits per heavy atom. The van der Waals surface area contributed by atoms with Gasteiger partial charge in [-0.05, 0) is 38.6 Å². The molecule has 2 rings (SSSR count). The van der Waals surface area contributed by atoms with Crippen LogP contribution in [0.15, 0.2) is 18.2 Å². The highest BCUT2D eigenvalue weighted by Gasteiger charge is 2.13. The molecule has 0 spiro atoms. The van der Waals surface area contributed by atoms with Crippen molar-refractivity contribution in [3.63, 3.8) is 0 Å². The third kappa shape index (κ3) is 2.68. The third-order valence-corrected chi connectivity index (χ3v) is 3.25. The fourth-order valence-electron chi connectivity index (χ4n) is 2.25. The van der Waals surface area contributed by atoms with Crippen LogP contribution in [0.1, 0.15) is 32.6 Å². The van der Waals surface area contributed by atoms with Crippen molar-refractivity contribution in [1.82, 2.24) is 14.9 Å². The Labute approximate surface area is 113 Å². The van der Waals surface area contributed by atoms with E-state index in [1.165, 1.54) is 0 Å². The van der Waals surface area contributed by atoms with Gasteiger partial charge in [0.05, 0.1) is 11.0 Å². The van der Waals surface area contributed by atoms with Crippen molar-refractivity contribution >= 4 is 22.6 Å². The van der Waals surface area contributed by atoms with E-state index in [1.807, 2.05) is 18.2 Å². The molecule has 0 saturated carbocycles. The second-order valence-electron chi connectivity index (χ2n) is 4.73. The molecule has 1 heterocycles. The minimum Gasteiger partial charge on any atom is -0.325 e. The van der Waals surface area contributed by atoms with E-state index in [-0.39, 0.29) is 0 Å². The summed E-state index contributed by atoms with van der Waals surface area (Å²) in [5.41, 5.74) is 2.16. The monoisotopic (exact) mass is 265 g/mol. The summed E-state index contributed by atoms with van der Waals surface area (Å²) in [6, 6.07) is 6.29. The van der Waals surface area contributed by atoms with Crippen molar-refractivity contribution in [2.75, 3.05) is 13.1 Å². The van der Waals surface area contributed by atoms with Gasteiger partial charge in [0, 0.05) is 24.0 Å². The third-order valence-electron chi connectivity index (χ3n) is 3.02. The maximum Gasteiger partial charge on any atom is 0.111 e. The first-order chi connectivity index (χ1) is 8.63. The lowest BCUT2D eigenvalue weighted by Crippen LogP contribution is -2.18. The van der Waals surface area contributed by atoms with E-state index in [2.05, 4.69) is 30.7 Å². The number of benzene rings is 1. The molecule has 0 atom stereocenters. The number of nitrogens with zero attached hydrogens (tertiary/aromatic N) is 2. The summed E-state index contributed by atoms with van der Waals surface area (Å²) in [6.07, 6.45) is 0.943. The predicted octanol–water partition coefficient (Wildman–Crippen LogP) is 3.42. The lowest BCUT2D eigenvalue weighted by Gasteiger charge is -2.13. The maximum atomic E-state index is 6.08.